The first-order valence-corrected chi connectivity index (χ1v) is 10.4. The molecule has 2 aromatic heterocycles. The van der Waals surface area contributed by atoms with Crippen molar-refractivity contribution >= 4 is 11.9 Å². The SMILES string of the molecule is CN=C(NCCN1CCN(c2ncccn2)CC1)N1CCC(c2cnn(C)c2)C1. The fourth-order valence-electron chi connectivity index (χ4n) is 4.16. The Morgan fingerprint density at radius 3 is 2.66 bits per heavy atom. The van der Waals surface area contributed by atoms with Gasteiger partial charge in [0.05, 0.1) is 6.20 Å². The summed E-state index contributed by atoms with van der Waals surface area (Å²) in [4.78, 5) is 20.3. The molecule has 2 aromatic rings. The van der Waals surface area contributed by atoms with Crippen molar-refractivity contribution in [3.05, 3.63) is 36.4 Å². The Hall–Kier alpha value is -2.68. The summed E-state index contributed by atoms with van der Waals surface area (Å²) in [7, 11) is 3.85. The first-order chi connectivity index (χ1) is 14.2. The molecule has 0 aromatic carbocycles. The number of aryl methyl sites for hydroxylation is 1. The third kappa shape index (κ3) is 4.84. The van der Waals surface area contributed by atoms with Crippen LogP contribution in [0.1, 0.15) is 17.9 Å². The lowest BCUT2D eigenvalue weighted by Crippen LogP contribution is -2.50. The monoisotopic (exact) mass is 397 g/mol. The molecule has 2 saturated heterocycles. The lowest BCUT2D eigenvalue weighted by Gasteiger charge is -2.34. The maximum absolute atomic E-state index is 4.51. The Balaban J connectivity index is 1.19. The molecule has 29 heavy (non-hydrogen) atoms. The van der Waals surface area contributed by atoms with E-state index < -0.39 is 0 Å². The van der Waals surface area contributed by atoms with Crippen LogP contribution in [0.2, 0.25) is 0 Å². The molecule has 0 spiro atoms. The van der Waals surface area contributed by atoms with E-state index in [9.17, 15) is 0 Å². The number of nitrogens with one attached hydrogen (secondary N) is 1. The summed E-state index contributed by atoms with van der Waals surface area (Å²) in [5.74, 6) is 2.38. The van der Waals surface area contributed by atoms with Gasteiger partial charge in [-0.1, -0.05) is 0 Å². The van der Waals surface area contributed by atoms with Crippen molar-refractivity contribution in [3.63, 3.8) is 0 Å². The van der Waals surface area contributed by atoms with Gasteiger partial charge in [-0.3, -0.25) is 14.6 Å². The summed E-state index contributed by atoms with van der Waals surface area (Å²) < 4.78 is 1.88. The number of likely N-dealkylation sites (tertiary alicyclic amines) is 1. The molecule has 9 nitrogen and oxygen atoms in total. The molecule has 156 valence electrons. The Morgan fingerprint density at radius 2 is 1.97 bits per heavy atom. The highest BCUT2D eigenvalue weighted by Gasteiger charge is 2.27. The maximum atomic E-state index is 4.51. The first-order valence-electron chi connectivity index (χ1n) is 10.4. The average Bonchev–Trinajstić information content (AvgIpc) is 3.41. The van der Waals surface area contributed by atoms with Crippen LogP contribution in [0.15, 0.2) is 35.8 Å². The van der Waals surface area contributed by atoms with Gasteiger partial charge in [-0.05, 0) is 18.1 Å². The van der Waals surface area contributed by atoms with Gasteiger partial charge in [0.1, 0.15) is 0 Å². The van der Waals surface area contributed by atoms with Crippen molar-refractivity contribution < 1.29 is 0 Å². The molecule has 0 aliphatic carbocycles. The molecule has 2 aliphatic heterocycles. The minimum atomic E-state index is 0.538. The summed E-state index contributed by atoms with van der Waals surface area (Å²) >= 11 is 0. The molecular formula is C20H31N9. The van der Waals surface area contributed by atoms with Crippen LogP contribution >= 0.6 is 0 Å². The van der Waals surface area contributed by atoms with Crippen molar-refractivity contribution in [2.24, 2.45) is 12.0 Å². The zero-order chi connectivity index (χ0) is 20.1. The summed E-state index contributed by atoms with van der Waals surface area (Å²) in [6, 6.07) is 1.86. The van der Waals surface area contributed by atoms with Gasteiger partial charge in [-0.15, -0.1) is 0 Å². The average molecular weight is 398 g/mol. The van der Waals surface area contributed by atoms with Crippen molar-refractivity contribution in [1.29, 1.82) is 0 Å². The van der Waals surface area contributed by atoms with Gasteiger partial charge in [-0.2, -0.15) is 5.10 Å². The van der Waals surface area contributed by atoms with Crippen molar-refractivity contribution in [3.8, 4) is 0 Å². The topological polar surface area (TPSA) is 77.7 Å². The highest BCUT2D eigenvalue weighted by molar-refractivity contribution is 5.80. The fraction of sp³-hybridized carbons (Fsp3) is 0.600. The molecule has 0 amide bonds. The Morgan fingerprint density at radius 1 is 1.17 bits per heavy atom. The van der Waals surface area contributed by atoms with Gasteiger partial charge in [0.2, 0.25) is 5.95 Å². The van der Waals surface area contributed by atoms with E-state index in [1.807, 2.05) is 43.4 Å². The normalized spacial score (nSPS) is 21.0. The predicted molar refractivity (Wildman–Crippen MR) is 114 cm³/mol. The third-order valence-electron chi connectivity index (χ3n) is 5.81. The molecule has 4 rings (SSSR count). The molecule has 0 radical (unpaired) electrons. The van der Waals surface area contributed by atoms with Gasteiger partial charge in [0.25, 0.3) is 0 Å². The van der Waals surface area contributed by atoms with Gasteiger partial charge >= 0.3 is 0 Å². The van der Waals surface area contributed by atoms with Crippen LogP contribution in [0, 0.1) is 0 Å². The van der Waals surface area contributed by atoms with Crippen LogP contribution < -0.4 is 10.2 Å². The molecule has 2 aliphatic rings. The van der Waals surface area contributed by atoms with E-state index in [1.165, 1.54) is 5.56 Å². The number of hydrogen-bond acceptors (Lipinski definition) is 6. The molecule has 1 unspecified atom stereocenters. The number of aromatic nitrogens is 4. The quantitative estimate of drug-likeness (QED) is 0.578. The number of anilines is 1. The van der Waals surface area contributed by atoms with Crippen LogP contribution in [-0.4, -0.2) is 94.9 Å². The van der Waals surface area contributed by atoms with Crippen LogP contribution in [0.3, 0.4) is 0 Å². The van der Waals surface area contributed by atoms with E-state index in [0.29, 0.717) is 5.92 Å². The molecule has 0 bridgehead atoms. The van der Waals surface area contributed by atoms with Gasteiger partial charge in [-0.25, -0.2) is 9.97 Å². The van der Waals surface area contributed by atoms with E-state index >= 15 is 0 Å². The van der Waals surface area contributed by atoms with Crippen LogP contribution in [0.25, 0.3) is 0 Å². The number of aliphatic imine (C=N–C) groups is 1. The van der Waals surface area contributed by atoms with E-state index in [1.54, 1.807) is 0 Å². The van der Waals surface area contributed by atoms with E-state index in [2.05, 4.69) is 46.3 Å². The summed E-state index contributed by atoms with van der Waals surface area (Å²) in [6.45, 7) is 7.97. The number of piperazine rings is 1. The molecule has 1 N–H and O–H groups in total. The second kappa shape index (κ2) is 9.21. The van der Waals surface area contributed by atoms with Crippen molar-refractivity contribution in [2.45, 2.75) is 12.3 Å². The molecular weight excluding hydrogens is 366 g/mol. The highest BCUT2D eigenvalue weighted by Crippen LogP contribution is 2.26. The van der Waals surface area contributed by atoms with Crippen LogP contribution in [-0.2, 0) is 7.05 Å². The van der Waals surface area contributed by atoms with Gasteiger partial charge < -0.3 is 15.1 Å². The molecule has 9 heteroatoms. The standard InChI is InChI=1S/C20H31N9/c1-21-19(29-8-4-17(16-29)18-14-25-26(2)15-18)24-7-9-27-10-12-28(13-11-27)20-22-5-3-6-23-20/h3,5-6,14-15,17H,4,7-13,16H2,1-2H3,(H,21,24). The predicted octanol–water partition coefficient (Wildman–Crippen LogP) is 0.397. The zero-order valence-electron chi connectivity index (χ0n) is 17.4. The second-order valence-corrected chi connectivity index (χ2v) is 7.73. The number of rotatable bonds is 5. The van der Waals surface area contributed by atoms with Crippen molar-refractivity contribution in [2.75, 3.05) is 64.3 Å². The lowest BCUT2D eigenvalue weighted by molar-refractivity contribution is 0.259. The minimum absolute atomic E-state index is 0.538. The Kier molecular flexibility index (Phi) is 6.24. The molecule has 0 saturated carbocycles. The van der Waals surface area contributed by atoms with Gasteiger partial charge in [0.15, 0.2) is 5.96 Å². The summed E-state index contributed by atoms with van der Waals surface area (Å²) in [5, 5.41) is 7.87. The number of guanidine groups is 1. The lowest BCUT2D eigenvalue weighted by atomic mass is 10.0. The Bertz CT molecular complexity index is 795. The summed E-state index contributed by atoms with van der Waals surface area (Å²) in [6.07, 6.45) is 8.88. The zero-order valence-corrected chi connectivity index (χ0v) is 17.4. The Labute approximate surface area is 172 Å². The largest absolute Gasteiger partial charge is 0.355 e. The maximum Gasteiger partial charge on any atom is 0.225 e. The first kappa shape index (κ1) is 19.6. The van der Waals surface area contributed by atoms with E-state index in [-0.39, 0.29) is 0 Å². The van der Waals surface area contributed by atoms with E-state index in [0.717, 1.165) is 70.7 Å². The highest BCUT2D eigenvalue weighted by atomic mass is 15.3. The molecule has 4 heterocycles. The third-order valence-corrected chi connectivity index (χ3v) is 5.81. The van der Waals surface area contributed by atoms with Gasteiger partial charge in [0, 0.05) is 91.0 Å². The molecule has 2 fully saturated rings. The van der Waals surface area contributed by atoms with Crippen LogP contribution in [0.5, 0.6) is 0 Å². The smallest absolute Gasteiger partial charge is 0.225 e. The van der Waals surface area contributed by atoms with Crippen molar-refractivity contribution in [1.82, 2.24) is 34.9 Å². The number of nitrogens with zero attached hydrogens (tertiary/aromatic N) is 8. The summed E-state index contributed by atoms with van der Waals surface area (Å²) in [5.41, 5.74) is 1.32. The number of hydrogen-bond donors (Lipinski definition) is 1. The second-order valence-electron chi connectivity index (χ2n) is 7.73. The van der Waals surface area contributed by atoms with E-state index in [4.69, 9.17) is 0 Å². The molecule has 1 atom stereocenters. The van der Waals surface area contributed by atoms with Crippen LogP contribution in [0.4, 0.5) is 5.95 Å². The fourth-order valence-corrected chi connectivity index (χ4v) is 4.16. The minimum Gasteiger partial charge on any atom is -0.355 e.